The molecular formula is C28H30ClN3O3. The van der Waals surface area contributed by atoms with Crippen molar-refractivity contribution in [2.75, 3.05) is 6.54 Å². The summed E-state index contributed by atoms with van der Waals surface area (Å²) in [5.41, 5.74) is 3.72. The van der Waals surface area contributed by atoms with Gasteiger partial charge in [0.2, 0.25) is 0 Å². The number of nitrogens with zero attached hydrogens (tertiary/aromatic N) is 2. The van der Waals surface area contributed by atoms with Gasteiger partial charge in [-0.15, -0.1) is 0 Å². The summed E-state index contributed by atoms with van der Waals surface area (Å²) in [6.07, 6.45) is 1.86. The molecule has 182 valence electrons. The van der Waals surface area contributed by atoms with E-state index in [0.29, 0.717) is 41.5 Å². The Labute approximate surface area is 210 Å². The second-order valence-corrected chi connectivity index (χ2v) is 10.5. The number of halogens is 1. The number of nitrogens with one attached hydrogen (secondary N) is 1. The first kappa shape index (κ1) is 23.8. The second kappa shape index (κ2) is 9.25. The minimum atomic E-state index is -1.33. The number of hydrogen-bond acceptors (Lipinski definition) is 4. The summed E-state index contributed by atoms with van der Waals surface area (Å²) >= 11 is 6.03. The molecule has 3 aromatic rings. The Hall–Kier alpha value is -2.96. The number of aliphatic hydroxyl groups excluding tert-OH is 1. The highest BCUT2D eigenvalue weighted by Gasteiger charge is 2.49. The number of aromatic amines is 1. The van der Waals surface area contributed by atoms with Crippen LogP contribution in [-0.4, -0.2) is 32.4 Å². The maximum absolute atomic E-state index is 13.3. The van der Waals surface area contributed by atoms with Gasteiger partial charge < -0.3 is 15.0 Å². The van der Waals surface area contributed by atoms with E-state index in [4.69, 9.17) is 16.6 Å². The maximum atomic E-state index is 13.3. The van der Waals surface area contributed by atoms with E-state index >= 15 is 0 Å². The monoisotopic (exact) mass is 491 g/mol. The zero-order valence-electron chi connectivity index (χ0n) is 20.1. The SMILES string of the molecule is CC(C)c1cccc(C2(c3nc4c(c(=O)[nH]3)CN(C(=O)[C@H](O)c3cccc(Cl)c3)CCC4)CC2)c1. The first-order valence-electron chi connectivity index (χ1n) is 12.2. The molecule has 1 atom stereocenters. The van der Waals surface area contributed by atoms with E-state index < -0.39 is 12.0 Å². The molecule has 1 aromatic heterocycles. The molecular weight excluding hydrogens is 462 g/mol. The van der Waals surface area contributed by atoms with E-state index in [2.05, 4.69) is 43.1 Å². The summed E-state index contributed by atoms with van der Waals surface area (Å²) in [6, 6.07) is 15.2. The molecule has 0 unspecified atom stereocenters. The van der Waals surface area contributed by atoms with E-state index in [1.807, 2.05) is 0 Å². The van der Waals surface area contributed by atoms with E-state index in [1.54, 1.807) is 29.2 Å². The fraction of sp³-hybridized carbons (Fsp3) is 0.393. The second-order valence-electron chi connectivity index (χ2n) is 10.0. The van der Waals surface area contributed by atoms with Gasteiger partial charge >= 0.3 is 0 Å². The summed E-state index contributed by atoms with van der Waals surface area (Å²) in [6.45, 7) is 4.93. The van der Waals surface area contributed by atoms with Crippen LogP contribution in [-0.2, 0) is 23.2 Å². The van der Waals surface area contributed by atoms with Crippen molar-refractivity contribution in [2.45, 2.75) is 63.5 Å². The summed E-state index contributed by atoms with van der Waals surface area (Å²) in [5.74, 6) is 0.712. The smallest absolute Gasteiger partial charge is 0.256 e. The number of carbonyl (C=O) groups is 1. The predicted octanol–water partition coefficient (Wildman–Crippen LogP) is 4.64. The highest BCUT2D eigenvalue weighted by atomic mass is 35.5. The molecule has 1 saturated carbocycles. The van der Waals surface area contributed by atoms with Crippen LogP contribution in [0.25, 0.3) is 0 Å². The van der Waals surface area contributed by atoms with Crippen LogP contribution in [0.1, 0.15) is 78.9 Å². The normalized spacial score (nSPS) is 17.6. The van der Waals surface area contributed by atoms with Gasteiger partial charge in [0.1, 0.15) is 5.82 Å². The molecule has 1 aliphatic carbocycles. The lowest BCUT2D eigenvalue weighted by Crippen LogP contribution is -2.36. The topological polar surface area (TPSA) is 86.3 Å². The molecule has 0 spiro atoms. The Bertz CT molecular complexity index is 1330. The van der Waals surface area contributed by atoms with Crippen LogP contribution in [0, 0.1) is 0 Å². The van der Waals surface area contributed by atoms with Crippen molar-refractivity contribution >= 4 is 17.5 Å². The molecule has 5 rings (SSSR count). The number of amides is 1. The van der Waals surface area contributed by atoms with Crippen molar-refractivity contribution in [1.29, 1.82) is 0 Å². The Kier molecular flexibility index (Phi) is 6.28. The third-order valence-corrected chi connectivity index (χ3v) is 7.55. The lowest BCUT2D eigenvalue weighted by atomic mass is 9.90. The number of hydrogen-bond donors (Lipinski definition) is 2. The fourth-order valence-electron chi connectivity index (χ4n) is 5.01. The average Bonchev–Trinajstić information content (AvgIpc) is 3.68. The predicted molar refractivity (Wildman–Crippen MR) is 136 cm³/mol. The third-order valence-electron chi connectivity index (χ3n) is 7.31. The van der Waals surface area contributed by atoms with Gasteiger partial charge in [0, 0.05) is 11.6 Å². The van der Waals surface area contributed by atoms with Gasteiger partial charge in [-0.05, 0) is 60.4 Å². The van der Waals surface area contributed by atoms with Crippen molar-refractivity contribution in [3.05, 3.63) is 97.7 Å². The van der Waals surface area contributed by atoms with E-state index in [1.165, 1.54) is 11.1 Å². The van der Waals surface area contributed by atoms with E-state index in [9.17, 15) is 14.7 Å². The van der Waals surface area contributed by atoms with Gasteiger partial charge in [-0.25, -0.2) is 4.98 Å². The number of aliphatic hydroxyl groups is 1. The molecule has 7 heteroatoms. The molecule has 1 aliphatic heterocycles. The molecule has 1 fully saturated rings. The quantitative estimate of drug-likeness (QED) is 0.544. The number of benzene rings is 2. The van der Waals surface area contributed by atoms with Crippen LogP contribution in [0.15, 0.2) is 53.3 Å². The van der Waals surface area contributed by atoms with Crippen molar-refractivity contribution in [3.63, 3.8) is 0 Å². The highest BCUT2D eigenvalue weighted by molar-refractivity contribution is 6.30. The van der Waals surface area contributed by atoms with Crippen LogP contribution in [0.2, 0.25) is 5.02 Å². The molecule has 1 amide bonds. The largest absolute Gasteiger partial charge is 0.378 e. The van der Waals surface area contributed by atoms with Gasteiger partial charge in [-0.1, -0.05) is 61.8 Å². The third kappa shape index (κ3) is 4.53. The number of fused-ring (bicyclic) bond motifs is 1. The first-order valence-corrected chi connectivity index (χ1v) is 12.6. The zero-order chi connectivity index (χ0) is 24.7. The number of aryl methyl sites for hydroxylation is 1. The molecule has 2 aromatic carbocycles. The van der Waals surface area contributed by atoms with Gasteiger partial charge in [-0.3, -0.25) is 9.59 Å². The zero-order valence-corrected chi connectivity index (χ0v) is 20.8. The molecule has 0 bridgehead atoms. The van der Waals surface area contributed by atoms with Crippen molar-refractivity contribution in [1.82, 2.24) is 14.9 Å². The lowest BCUT2D eigenvalue weighted by Gasteiger charge is -2.24. The average molecular weight is 492 g/mol. The number of H-pyrrole nitrogens is 1. The Morgan fingerprint density at radius 3 is 2.60 bits per heavy atom. The van der Waals surface area contributed by atoms with Crippen LogP contribution in [0.4, 0.5) is 0 Å². The van der Waals surface area contributed by atoms with E-state index in [0.717, 1.165) is 24.4 Å². The van der Waals surface area contributed by atoms with Crippen molar-refractivity contribution in [3.8, 4) is 0 Å². The van der Waals surface area contributed by atoms with Gasteiger partial charge in [-0.2, -0.15) is 0 Å². The minimum absolute atomic E-state index is 0.129. The van der Waals surface area contributed by atoms with Crippen molar-refractivity contribution < 1.29 is 9.90 Å². The fourth-order valence-corrected chi connectivity index (χ4v) is 5.21. The number of aromatic nitrogens is 2. The lowest BCUT2D eigenvalue weighted by molar-refractivity contribution is -0.141. The Morgan fingerprint density at radius 2 is 1.89 bits per heavy atom. The molecule has 35 heavy (non-hydrogen) atoms. The summed E-state index contributed by atoms with van der Waals surface area (Å²) in [5, 5.41) is 11.1. The Balaban J connectivity index is 1.43. The molecule has 2 aliphatic rings. The first-order chi connectivity index (χ1) is 16.8. The van der Waals surface area contributed by atoms with Crippen LogP contribution < -0.4 is 5.56 Å². The standard InChI is InChI=1S/C28H30ClN3O3/c1-17(2)18-6-3-8-20(14-18)28(11-12-28)27-30-23-10-5-13-32(16-22(23)25(34)31-27)26(35)24(33)19-7-4-9-21(29)15-19/h3-4,6-9,14-15,17,24,33H,5,10-13,16H2,1-2H3,(H,30,31,34)/t24-/m1/s1. The summed E-state index contributed by atoms with van der Waals surface area (Å²) in [7, 11) is 0. The van der Waals surface area contributed by atoms with E-state index in [-0.39, 0.29) is 17.5 Å². The van der Waals surface area contributed by atoms with Gasteiger partial charge in [0.05, 0.1) is 23.2 Å². The van der Waals surface area contributed by atoms with Gasteiger partial charge in [0.25, 0.3) is 11.5 Å². The molecule has 2 N–H and O–H groups in total. The number of carbonyl (C=O) groups excluding carboxylic acids is 1. The highest BCUT2D eigenvalue weighted by Crippen LogP contribution is 2.52. The summed E-state index contributed by atoms with van der Waals surface area (Å²) in [4.78, 5) is 35.9. The molecule has 6 nitrogen and oxygen atoms in total. The van der Waals surface area contributed by atoms with Crippen LogP contribution in [0.3, 0.4) is 0 Å². The van der Waals surface area contributed by atoms with Crippen LogP contribution >= 0.6 is 11.6 Å². The molecule has 0 radical (unpaired) electrons. The summed E-state index contributed by atoms with van der Waals surface area (Å²) < 4.78 is 0. The van der Waals surface area contributed by atoms with Crippen LogP contribution in [0.5, 0.6) is 0 Å². The molecule has 0 saturated heterocycles. The molecule has 2 heterocycles. The van der Waals surface area contributed by atoms with Gasteiger partial charge in [0.15, 0.2) is 6.10 Å². The Morgan fingerprint density at radius 1 is 1.14 bits per heavy atom. The van der Waals surface area contributed by atoms with Crippen molar-refractivity contribution in [2.24, 2.45) is 0 Å². The minimum Gasteiger partial charge on any atom is -0.378 e. The maximum Gasteiger partial charge on any atom is 0.256 e. The number of rotatable bonds is 5.